The van der Waals surface area contributed by atoms with Gasteiger partial charge in [-0.3, -0.25) is 14.4 Å². The van der Waals surface area contributed by atoms with Crippen LogP contribution in [0.1, 0.15) is 19.3 Å². The summed E-state index contributed by atoms with van der Waals surface area (Å²) in [4.78, 5) is 35.6. The average Bonchev–Trinajstić information content (AvgIpc) is 2.28. The van der Waals surface area contributed by atoms with E-state index in [1.165, 1.54) is 18.2 Å². The largest absolute Gasteiger partial charge is 0.292 e. The van der Waals surface area contributed by atoms with Crippen LogP contribution in [-0.4, -0.2) is 16.6 Å². The summed E-state index contributed by atoms with van der Waals surface area (Å²) in [5, 5.41) is 0. The summed E-state index contributed by atoms with van der Waals surface area (Å²) >= 11 is 5.09. The van der Waals surface area contributed by atoms with Crippen LogP contribution in [0.4, 0.5) is 0 Å². The van der Waals surface area contributed by atoms with Crippen molar-refractivity contribution in [1.29, 1.82) is 0 Å². The fourth-order valence-corrected chi connectivity index (χ4v) is 3.84. The molecule has 0 aliphatic carbocycles. The average molecular weight is 270 g/mol. The molecule has 0 heterocycles. The van der Waals surface area contributed by atoms with Gasteiger partial charge in [0.05, 0.1) is 0 Å². The SMILES string of the molecule is C=CCC(=O)P(=S)(C(=O)CC=C)C(=O)CC=C. The molecular formula is C12H15O3PS. The fourth-order valence-electron chi connectivity index (χ4n) is 1.17. The van der Waals surface area contributed by atoms with Crippen LogP contribution in [0.2, 0.25) is 0 Å². The van der Waals surface area contributed by atoms with Gasteiger partial charge in [-0.05, 0) is 0 Å². The van der Waals surface area contributed by atoms with Crippen LogP contribution >= 0.6 is 6.04 Å². The maximum atomic E-state index is 11.9. The van der Waals surface area contributed by atoms with E-state index in [-0.39, 0.29) is 19.3 Å². The Morgan fingerprint density at radius 1 is 0.824 bits per heavy atom. The van der Waals surface area contributed by atoms with Gasteiger partial charge in [-0.1, -0.05) is 30.0 Å². The van der Waals surface area contributed by atoms with Crippen molar-refractivity contribution in [3.05, 3.63) is 38.0 Å². The number of hydrogen-bond donors (Lipinski definition) is 0. The maximum absolute atomic E-state index is 11.9. The van der Waals surface area contributed by atoms with E-state index in [0.29, 0.717) is 0 Å². The zero-order chi connectivity index (χ0) is 13.5. The zero-order valence-electron chi connectivity index (χ0n) is 9.55. The molecule has 3 nitrogen and oxygen atoms in total. The van der Waals surface area contributed by atoms with Gasteiger partial charge in [0.25, 0.3) is 0 Å². The zero-order valence-corrected chi connectivity index (χ0v) is 11.3. The van der Waals surface area contributed by atoms with Crippen molar-refractivity contribution in [1.82, 2.24) is 0 Å². The van der Waals surface area contributed by atoms with E-state index in [1.807, 2.05) is 0 Å². The van der Waals surface area contributed by atoms with Gasteiger partial charge in [0.1, 0.15) is 6.04 Å². The van der Waals surface area contributed by atoms with Crippen molar-refractivity contribution in [3.63, 3.8) is 0 Å². The smallest absolute Gasteiger partial charge is 0.182 e. The molecule has 0 N–H and O–H groups in total. The molecule has 0 rings (SSSR count). The Labute approximate surface area is 106 Å². The Hall–Kier alpha value is -1.12. The highest BCUT2D eigenvalue weighted by molar-refractivity contribution is 8.38. The Morgan fingerprint density at radius 2 is 1.06 bits per heavy atom. The van der Waals surface area contributed by atoms with Crippen LogP contribution in [0.3, 0.4) is 0 Å². The van der Waals surface area contributed by atoms with Crippen LogP contribution in [0.25, 0.3) is 0 Å². The van der Waals surface area contributed by atoms with Gasteiger partial charge in [-0.2, -0.15) is 0 Å². The molecule has 0 aromatic carbocycles. The molecule has 0 atom stereocenters. The number of carbonyl (C=O) groups excluding carboxylic acids is 3. The lowest BCUT2D eigenvalue weighted by molar-refractivity contribution is -0.115. The highest BCUT2D eigenvalue weighted by Gasteiger charge is 2.38. The Kier molecular flexibility index (Phi) is 6.78. The normalized spacial score (nSPS) is 10.4. The summed E-state index contributed by atoms with van der Waals surface area (Å²) in [6.07, 6.45) is 3.90. The summed E-state index contributed by atoms with van der Waals surface area (Å²) in [5.74, 6) is 0. The Morgan fingerprint density at radius 3 is 1.24 bits per heavy atom. The minimum absolute atomic E-state index is 0.0525. The quantitative estimate of drug-likeness (QED) is 0.477. The maximum Gasteiger partial charge on any atom is 0.182 e. The number of carbonyl (C=O) groups is 3. The molecule has 0 amide bonds. The lowest BCUT2D eigenvalue weighted by Gasteiger charge is -2.15. The van der Waals surface area contributed by atoms with Crippen LogP contribution in [0.5, 0.6) is 0 Å². The summed E-state index contributed by atoms with van der Waals surface area (Å²) in [6.45, 7) is 10.2. The van der Waals surface area contributed by atoms with Gasteiger partial charge in [-0.25, -0.2) is 0 Å². The predicted molar refractivity (Wildman–Crippen MR) is 73.7 cm³/mol. The van der Waals surface area contributed by atoms with Crippen LogP contribution in [-0.2, 0) is 26.2 Å². The van der Waals surface area contributed by atoms with Gasteiger partial charge in [-0.15, -0.1) is 19.7 Å². The second-order valence-corrected chi connectivity index (χ2v) is 7.63. The molecule has 0 unspecified atom stereocenters. The molecule has 0 spiro atoms. The summed E-state index contributed by atoms with van der Waals surface area (Å²) < 4.78 is 0. The highest BCUT2D eigenvalue weighted by Crippen LogP contribution is 2.51. The topological polar surface area (TPSA) is 51.2 Å². The molecule has 0 fully saturated rings. The van der Waals surface area contributed by atoms with E-state index in [4.69, 9.17) is 11.8 Å². The third kappa shape index (κ3) is 3.69. The second-order valence-electron chi connectivity index (χ2n) is 3.27. The number of rotatable bonds is 9. The minimum atomic E-state index is -3.34. The van der Waals surface area contributed by atoms with E-state index >= 15 is 0 Å². The van der Waals surface area contributed by atoms with Crippen LogP contribution in [0.15, 0.2) is 38.0 Å². The number of allylic oxidation sites excluding steroid dienone is 3. The molecule has 0 aromatic heterocycles. The molecule has 0 aliphatic rings. The van der Waals surface area contributed by atoms with Gasteiger partial charge >= 0.3 is 0 Å². The van der Waals surface area contributed by atoms with Crippen molar-refractivity contribution >= 4 is 34.4 Å². The van der Waals surface area contributed by atoms with Crippen LogP contribution in [0, 0.1) is 0 Å². The molecule has 92 valence electrons. The van der Waals surface area contributed by atoms with Gasteiger partial charge in [0, 0.05) is 19.3 Å². The summed E-state index contributed by atoms with van der Waals surface area (Å²) in [6, 6.07) is -3.34. The summed E-state index contributed by atoms with van der Waals surface area (Å²) in [5.41, 5.74) is -1.50. The minimum Gasteiger partial charge on any atom is -0.292 e. The molecule has 0 saturated carbocycles. The fraction of sp³-hybridized carbons (Fsp3) is 0.250. The van der Waals surface area contributed by atoms with Gasteiger partial charge < -0.3 is 0 Å². The van der Waals surface area contributed by atoms with Crippen molar-refractivity contribution in [2.24, 2.45) is 0 Å². The molecule has 17 heavy (non-hydrogen) atoms. The first-order chi connectivity index (χ1) is 7.94. The predicted octanol–water partition coefficient (Wildman–Crippen LogP) is 2.77. The highest BCUT2D eigenvalue weighted by atomic mass is 32.4. The van der Waals surface area contributed by atoms with Crippen molar-refractivity contribution in [2.45, 2.75) is 19.3 Å². The standard InChI is InChI=1S/C12H15O3PS/c1-4-7-10(13)16(17,11(14)8-5-2)12(15)9-6-3/h4-6H,1-3,7-9H2. The molecular weight excluding hydrogens is 255 g/mol. The van der Waals surface area contributed by atoms with E-state index in [2.05, 4.69) is 19.7 Å². The summed E-state index contributed by atoms with van der Waals surface area (Å²) in [7, 11) is 0. The first-order valence-corrected chi connectivity index (χ1v) is 7.78. The Bertz CT molecular complexity index is 362. The molecule has 0 aliphatic heterocycles. The van der Waals surface area contributed by atoms with E-state index in [0.717, 1.165) is 0 Å². The lowest BCUT2D eigenvalue weighted by atomic mass is 10.5. The Balaban J connectivity index is 5.41. The molecule has 5 heteroatoms. The third-order valence-corrected chi connectivity index (χ3v) is 6.50. The van der Waals surface area contributed by atoms with Gasteiger partial charge in [0.15, 0.2) is 16.6 Å². The van der Waals surface area contributed by atoms with Crippen molar-refractivity contribution in [3.8, 4) is 0 Å². The molecule has 0 saturated heterocycles. The van der Waals surface area contributed by atoms with Gasteiger partial charge in [0.2, 0.25) is 0 Å². The van der Waals surface area contributed by atoms with E-state index < -0.39 is 22.6 Å². The van der Waals surface area contributed by atoms with Crippen molar-refractivity contribution < 1.29 is 14.4 Å². The monoisotopic (exact) mass is 270 g/mol. The van der Waals surface area contributed by atoms with E-state index in [1.54, 1.807) is 0 Å². The second kappa shape index (κ2) is 7.25. The van der Waals surface area contributed by atoms with E-state index in [9.17, 15) is 14.4 Å². The molecule has 0 radical (unpaired) electrons. The third-order valence-electron chi connectivity index (χ3n) is 2.01. The van der Waals surface area contributed by atoms with Crippen LogP contribution < -0.4 is 0 Å². The molecule has 0 aromatic rings. The first kappa shape index (κ1) is 15.9. The number of hydrogen-bond acceptors (Lipinski definition) is 4. The lowest BCUT2D eigenvalue weighted by Crippen LogP contribution is -2.15. The first-order valence-electron chi connectivity index (χ1n) is 4.98. The van der Waals surface area contributed by atoms with Crippen molar-refractivity contribution in [2.75, 3.05) is 0 Å². The molecule has 0 bridgehead atoms.